The van der Waals surface area contributed by atoms with Crippen molar-refractivity contribution in [2.75, 3.05) is 20.3 Å². The molecule has 2 atom stereocenters. The van der Waals surface area contributed by atoms with Crippen LogP contribution in [0.5, 0.6) is 0 Å². The van der Waals surface area contributed by atoms with Crippen LogP contribution in [0.4, 0.5) is 0 Å². The molecule has 0 aromatic carbocycles. The second kappa shape index (κ2) is 9.82. The highest BCUT2D eigenvalue weighted by atomic mass is 16.5. The van der Waals surface area contributed by atoms with Gasteiger partial charge in [0.1, 0.15) is 0 Å². The van der Waals surface area contributed by atoms with Gasteiger partial charge in [0, 0.05) is 25.8 Å². The highest BCUT2D eigenvalue weighted by Gasteiger charge is 2.10. The molecular formula is C13H27NO2. The van der Waals surface area contributed by atoms with Crippen LogP contribution in [0, 0.1) is 0 Å². The molecule has 0 saturated carbocycles. The van der Waals surface area contributed by atoms with Gasteiger partial charge >= 0.3 is 0 Å². The predicted molar refractivity (Wildman–Crippen MR) is 68.6 cm³/mol. The Balaban J connectivity index is 3.80. The lowest BCUT2D eigenvalue weighted by Crippen LogP contribution is -2.40. The Hall–Kier alpha value is -0.380. The molecule has 0 fully saturated rings. The van der Waals surface area contributed by atoms with Crippen molar-refractivity contribution in [1.29, 1.82) is 0 Å². The van der Waals surface area contributed by atoms with Crippen LogP contribution in [0.25, 0.3) is 0 Å². The van der Waals surface area contributed by atoms with Gasteiger partial charge in [-0.3, -0.25) is 0 Å². The van der Waals surface area contributed by atoms with Gasteiger partial charge < -0.3 is 15.2 Å². The molecule has 2 N–H and O–H groups in total. The number of aliphatic hydroxyl groups is 1. The average molecular weight is 229 g/mol. The maximum absolute atomic E-state index is 8.92. The molecular weight excluding hydrogens is 202 g/mol. The summed E-state index contributed by atoms with van der Waals surface area (Å²) >= 11 is 0. The zero-order valence-corrected chi connectivity index (χ0v) is 11.1. The normalized spacial score (nSPS) is 14.6. The first kappa shape index (κ1) is 15.6. The maximum Gasteiger partial charge on any atom is 0.0616 e. The van der Waals surface area contributed by atoms with Crippen LogP contribution in [-0.4, -0.2) is 37.5 Å². The lowest BCUT2D eigenvalue weighted by molar-refractivity contribution is 0.143. The van der Waals surface area contributed by atoms with Crippen LogP contribution in [0.1, 0.15) is 40.0 Å². The fourth-order valence-electron chi connectivity index (χ4n) is 1.68. The highest BCUT2D eigenvalue weighted by Crippen LogP contribution is 2.03. The summed E-state index contributed by atoms with van der Waals surface area (Å²) in [4.78, 5) is 0. The van der Waals surface area contributed by atoms with Gasteiger partial charge in [0.2, 0.25) is 0 Å². The largest absolute Gasteiger partial charge is 0.396 e. The number of ether oxygens (including phenoxy) is 1. The molecule has 0 aliphatic rings. The standard InChI is InChI=1S/C13H27NO2/c1-11(2)6-5-7-12(3)14-13(8-9-15)10-16-4/h6,12-15H,5,7-10H2,1-4H3. The molecule has 0 radical (unpaired) electrons. The molecule has 0 heterocycles. The summed E-state index contributed by atoms with van der Waals surface area (Å²) in [6, 6.07) is 0.721. The summed E-state index contributed by atoms with van der Waals surface area (Å²) in [5.41, 5.74) is 1.37. The third-order valence-corrected chi connectivity index (χ3v) is 2.52. The Kier molecular flexibility index (Phi) is 9.59. The first-order chi connectivity index (χ1) is 7.60. The summed E-state index contributed by atoms with van der Waals surface area (Å²) in [5, 5.41) is 12.4. The Bertz CT molecular complexity index is 182. The number of hydrogen-bond donors (Lipinski definition) is 2. The third-order valence-electron chi connectivity index (χ3n) is 2.52. The number of nitrogens with one attached hydrogen (secondary N) is 1. The molecule has 0 aromatic heterocycles. The van der Waals surface area contributed by atoms with E-state index < -0.39 is 0 Å². The minimum atomic E-state index is 0.210. The van der Waals surface area contributed by atoms with Gasteiger partial charge in [-0.2, -0.15) is 0 Å². The smallest absolute Gasteiger partial charge is 0.0616 e. The number of rotatable bonds is 9. The molecule has 0 aromatic rings. The van der Waals surface area contributed by atoms with Crippen molar-refractivity contribution in [3.8, 4) is 0 Å². The SMILES string of the molecule is COCC(CCO)NC(C)CCC=C(C)C. The Morgan fingerprint density at radius 1 is 1.38 bits per heavy atom. The van der Waals surface area contributed by atoms with E-state index in [0.29, 0.717) is 12.6 Å². The van der Waals surface area contributed by atoms with E-state index in [2.05, 4.69) is 32.2 Å². The minimum Gasteiger partial charge on any atom is -0.396 e. The first-order valence-corrected chi connectivity index (χ1v) is 6.09. The summed E-state index contributed by atoms with van der Waals surface area (Å²) in [7, 11) is 1.69. The van der Waals surface area contributed by atoms with Crippen LogP contribution < -0.4 is 5.32 Å². The van der Waals surface area contributed by atoms with Crippen molar-refractivity contribution in [3.05, 3.63) is 11.6 Å². The van der Waals surface area contributed by atoms with E-state index >= 15 is 0 Å². The summed E-state index contributed by atoms with van der Waals surface area (Å²) in [6.07, 6.45) is 5.24. The quantitative estimate of drug-likeness (QED) is 0.595. The summed E-state index contributed by atoms with van der Waals surface area (Å²) in [6.45, 7) is 7.29. The van der Waals surface area contributed by atoms with Gasteiger partial charge in [0.25, 0.3) is 0 Å². The molecule has 16 heavy (non-hydrogen) atoms. The molecule has 0 aliphatic carbocycles. The first-order valence-electron chi connectivity index (χ1n) is 6.09. The summed E-state index contributed by atoms with van der Waals surface area (Å²) < 4.78 is 5.11. The molecule has 2 unspecified atom stereocenters. The van der Waals surface area contributed by atoms with E-state index in [-0.39, 0.29) is 12.6 Å². The van der Waals surface area contributed by atoms with E-state index in [4.69, 9.17) is 9.84 Å². The van der Waals surface area contributed by atoms with E-state index in [1.807, 2.05) is 0 Å². The van der Waals surface area contributed by atoms with Crippen molar-refractivity contribution < 1.29 is 9.84 Å². The zero-order valence-electron chi connectivity index (χ0n) is 11.1. The van der Waals surface area contributed by atoms with Crippen LogP contribution in [0.3, 0.4) is 0 Å². The van der Waals surface area contributed by atoms with Crippen LogP contribution in [0.2, 0.25) is 0 Å². The Morgan fingerprint density at radius 2 is 2.06 bits per heavy atom. The second-order valence-electron chi connectivity index (χ2n) is 4.59. The third kappa shape index (κ3) is 8.89. The topological polar surface area (TPSA) is 41.5 Å². The number of allylic oxidation sites excluding steroid dienone is 2. The fourth-order valence-corrected chi connectivity index (χ4v) is 1.68. The summed E-state index contributed by atoms with van der Waals surface area (Å²) in [5.74, 6) is 0. The molecule has 3 nitrogen and oxygen atoms in total. The molecule has 3 heteroatoms. The Labute approximate surface area is 99.9 Å². The van der Waals surface area contributed by atoms with Gasteiger partial charge in [0.05, 0.1) is 6.61 Å². The lowest BCUT2D eigenvalue weighted by atomic mass is 10.1. The van der Waals surface area contributed by atoms with Crippen molar-refractivity contribution in [2.24, 2.45) is 0 Å². The monoisotopic (exact) mass is 229 g/mol. The van der Waals surface area contributed by atoms with Gasteiger partial charge in [-0.15, -0.1) is 0 Å². The second-order valence-corrected chi connectivity index (χ2v) is 4.59. The highest BCUT2D eigenvalue weighted by molar-refractivity contribution is 4.93. The van der Waals surface area contributed by atoms with Gasteiger partial charge in [-0.1, -0.05) is 11.6 Å². The van der Waals surface area contributed by atoms with Crippen LogP contribution in [-0.2, 0) is 4.74 Å². The number of methoxy groups -OCH3 is 1. The maximum atomic E-state index is 8.92. The molecule has 0 aliphatic heterocycles. The number of hydrogen-bond acceptors (Lipinski definition) is 3. The van der Waals surface area contributed by atoms with Gasteiger partial charge in [-0.25, -0.2) is 0 Å². The van der Waals surface area contributed by atoms with Crippen molar-refractivity contribution >= 4 is 0 Å². The number of aliphatic hydroxyl groups excluding tert-OH is 1. The Morgan fingerprint density at radius 3 is 2.56 bits per heavy atom. The van der Waals surface area contributed by atoms with Crippen molar-refractivity contribution in [3.63, 3.8) is 0 Å². The van der Waals surface area contributed by atoms with Crippen molar-refractivity contribution in [1.82, 2.24) is 5.32 Å². The lowest BCUT2D eigenvalue weighted by Gasteiger charge is -2.21. The molecule has 0 bridgehead atoms. The molecule has 0 spiro atoms. The van der Waals surface area contributed by atoms with Crippen LogP contribution >= 0.6 is 0 Å². The fraction of sp³-hybridized carbons (Fsp3) is 0.846. The van der Waals surface area contributed by atoms with Gasteiger partial charge in [-0.05, 0) is 40.0 Å². The molecule has 0 amide bonds. The van der Waals surface area contributed by atoms with Gasteiger partial charge in [0.15, 0.2) is 0 Å². The van der Waals surface area contributed by atoms with E-state index in [9.17, 15) is 0 Å². The van der Waals surface area contributed by atoms with E-state index in [1.54, 1.807) is 7.11 Å². The van der Waals surface area contributed by atoms with Crippen LogP contribution in [0.15, 0.2) is 11.6 Å². The molecule has 0 rings (SSSR count). The van der Waals surface area contributed by atoms with E-state index in [1.165, 1.54) is 5.57 Å². The molecule has 96 valence electrons. The van der Waals surface area contributed by atoms with Crippen molar-refractivity contribution in [2.45, 2.75) is 52.1 Å². The average Bonchev–Trinajstić information content (AvgIpc) is 2.17. The zero-order chi connectivity index (χ0) is 12.4. The van der Waals surface area contributed by atoms with E-state index in [0.717, 1.165) is 19.3 Å². The minimum absolute atomic E-state index is 0.210. The molecule has 0 saturated heterocycles. The predicted octanol–water partition coefficient (Wildman–Crippen LogP) is 2.11.